The van der Waals surface area contributed by atoms with E-state index in [9.17, 15) is 4.79 Å². The van der Waals surface area contributed by atoms with Crippen LogP contribution in [0.15, 0.2) is 48.5 Å². The third-order valence-electron chi connectivity index (χ3n) is 3.21. The highest BCUT2D eigenvalue weighted by Gasteiger charge is 2.15. The molecule has 1 amide bonds. The largest absolute Gasteiger partial charge is 0.399 e. The van der Waals surface area contributed by atoms with Crippen molar-refractivity contribution in [2.24, 2.45) is 0 Å². The first-order valence-electron chi connectivity index (χ1n) is 6.30. The van der Waals surface area contributed by atoms with E-state index in [2.05, 4.69) is 5.32 Å². The van der Waals surface area contributed by atoms with E-state index in [1.165, 1.54) is 0 Å². The van der Waals surface area contributed by atoms with Gasteiger partial charge in [0.15, 0.2) is 0 Å². The molecule has 0 radical (unpaired) electrons. The monoisotopic (exact) mass is 254 g/mol. The van der Waals surface area contributed by atoms with Gasteiger partial charge >= 0.3 is 0 Å². The molecule has 3 nitrogen and oxygen atoms in total. The lowest BCUT2D eigenvalue weighted by molar-refractivity contribution is -0.117. The molecule has 3 heteroatoms. The Morgan fingerprint density at radius 1 is 1.16 bits per heavy atom. The number of nitrogens with two attached hydrogens (primary N) is 1. The van der Waals surface area contributed by atoms with Gasteiger partial charge < -0.3 is 11.1 Å². The molecule has 0 aliphatic carbocycles. The number of nitrogen functional groups attached to an aromatic ring is 1. The SMILES string of the molecule is Cc1ccc(N)cc1NC(=O)C(C)c1ccccc1. The number of carbonyl (C=O) groups excluding carboxylic acids is 1. The fourth-order valence-electron chi connectivity index (χ4n) is 1.91. The fourth-order valence-corrected chi connectivity index (χ4v) is 1.91. The van der Waals surface area contributed by atoms with Gasteiger partial charge in [-0.15, -0.1) is 0 Å². The average Bonchev–Trinajstić information content (AvgIpc) is 2.43. The molecule has 0 aliphatic rings. The second kappa shape index (κ2) is 5.57. The van der Waals surface area contributed by atoms with Crippen molar-refractivity contribution in [1.29, 1.82) is 0 Å². The predicted octanol–water partition coefficient (Wildman–Crippen LogP) is 3.32. The van der Waals surface area contributed by atoms with Crippen LogP contribution in [0.3, 0.4) is 0 Å². The highest BCUT2D eigenvalue weighted by atomic mass is 16.1. The summed E-state index contributed by atoms with van der Waals surface area (Å²) in [5.74, 6) is -0.220. The summed E-state index contributed by atoms with van der Waals surface area (Å²) in [5.41, 5.74) is 9.16. The molecule has 19 heavy (non-hydrogen) atoms. The highest BCUT2D eigenvalue weighted by Crippen LogP contribution is 2.21. The van der Waals surface area contributed by atoms with Crippen LogP contribution in [0, 0.1) is 6.92 Å². The first-order chi connectivity index (χ1) is 9.08. The third kappa shape index (κ3) is 3.13. The van der Waals surface area contributed by atoms with Gasteiger partial charge in [0.25, 0.3) is 0 Å². The van der Waals surface area contributed by atoms with Crippen molar-refractivity contribution in [3.8, 4) is 0 Å². The van der Waals surface area contributed by atoms with Gasteiger partial charge in [0.2, 0.25) is 5.91 Å². The lowest BCUT2D eigenvalue weighted by Gasteiger charge is -2.14. The second-order valence-corrected chi connectivity index (χ2v) is 4.70. The lowest BCUT2D eigenvalue weighted by atomic mass is 10.0. The number of nitrogens with one attached hydrogen (secondary N) is 1. The van der Waals surface area contributed by atoms with E-state index in [4.69, 9.17) is 5.73 Å². The summed E-state index contributed by atoms with van der Waals surface area (Å²) in [6, 6.07) is 15.2. The number of aryl methyl sites for hydroxylation is 1. The first-order valence-corrected chi connectivity index (χ1v) is 6.30. The van der Waals surface area contributed by atoms with Crippen molar-refractivity contribution in [1.82, 2.24) is 0 Å². The number of benzene rings is 2. The molecule has 1 atom stereocenters. The van der Waals surface area contributed by atoms with Gasteiger partial charge in [0.05, 0.1) is 5.92 Å². The molecule has 0 aliphatic heterocycles. The van der Waals surface area contributed by atoms with E-state index in [-0.39, 0.29) is 11.8 Å². The summed E-state index contributed by atoms with van der Waals surface area (Å²) in [6.07, 6.45) is 0. The van der Waals surface area contributed by atoms with Crippen molar-refractivity contribution < 1.29 is 4.79 Å². The number of anilines is 2. The molecule has 0 bridgehead atoms. The van der Waals surface area contributed by atoms with Crippen molar-refractivity contribution in [2.45, 2.75) is 19.8 Å². The molecule has 0 spiro atoms. The normalized spacial score (nSPS) is 11.9. The fraction of sp³-hybridized carbons (Fsp3) is 0.188. The molecular weight excluding hydrogens is 236 g/mol. The molecule has 2 rings (SSSR count). The minimum absolute atomic E-state index is 0.0279. The van der Waals surface area contributed by atoms with Crippen LogP contribution in [0.5, 0.6) is 0 Å². The summed E-state index contributed by atoms with van der Waals surface area (Å²) in [4.78, 5) is 12.2. The van der Waals surface area contributed by atoms with Gasteiger partial charge in [-0.1, -0.05) is 36.4 Å². The maximum Gasteiger partial charge on any atom is 0.231 e. The molecule has 0 fully saturated rings. The maximum atomic E-state index is 12.2. The Balaban J connectivity index is 2.15. The van der Waals surface area contributed by atoms with Gasteiger partial charge in [0.1, 0.15) is 0 Å². The number of rotatable bonds is 3. The van der Waals surface area contributed by atoms with Crippen LogP contribution in [0.1, 0.15) is 24.0 Å². The number of hydrogen-bond donors (Lipinski definition) is 2. The average molecular weight is 254 g/mol. The van der Waals surface area contributed by atoms with Crippen LogP contribution in [0.25, 0.3) is 0 Å². The van der Waals surface area contributed by atoms with Gasteiger partial charge in [0, 0.05) is 11.4 Å². The quantitative estimate of drug-likeness (QED) is 0.825. The topological polar surface area (TPSA) is 55.1 Å². The smallest absolute Gasteiger partial charge is 0.231 e. The van der Waals surface area contributed by atoms with Crippen molar-refractivity contribution in [3.63, 3.8) is 0 Å². The zero-order valence-electron chi connectivity index (χ0n) is 11.2. The molecule has 0 saturated heterocycles. The van der Waals surface area contributed by atoms with Gasteiger partial charge in [-0.2, -0.15) is 0 Å². The van der Waals surface area contributed by atoms with E-state index < -0.39 is 0 Å². The molecule has 98 valence electrons. The molecule has 2 aromatic rings. The Kier molecular flexibility index (Phi) is 3.85. The van der Waals surface area contributed by atoms with Gasteiger partial charge in [-0.25, -0.2) is 0 Å². The van der Waals surface area contributed by atoms with Gasteiger partial charge in [-0.05, 0) is 37.1 Å². The minimum atomic E-state index is -0.193. The summed E-state index contributed by atoms with van der Waals surface area (Å²) < 4.78 is 0. The molecule has 1 unspecified atom stereocenters. The summed E-state index contributed by atoms with van der Waals surface area (Å²) in [7, 11) is 0. The zero-order valence-corrected chi connectivity index (χ0v) is 11.2. The summed E-state index contributed by atoms with van der Waals surface area (Å²) in [6.45, 7) is 3.84. The molecule has 0 aromatic heterocycles. The third-order valence-corrected chi connectivity index (χ3v) is 3.21. The Morgan fingerprint density at radius 2 is 1.84 bits per heavy atom. The Hall–Kier alpha value is -2.29. The highest BCUT2D eigenvalue weighted by molar-refractivity contribution is 5.96. The molecule has 0 heterocycles. The van der Waals surface area contributed by atoms with Crippen LogP contribution in [-0.2, 0) is 4.79 Å². The van der Waals surface area contributed by atoms with Crippen LogP contribution >= 0.6 is 0 Å². The van der Waals surface area contributed by atoms with Crippen molar-refractivity contribution in [3.05, 3.63) is 59.7 Å². The predicted molar refractivity (Wildman–Crippen MR) is 79.1 cm³/mol. The molecule has 3 N–H and O–H groups in total. The van der Waals surface area contributed by atoms with E-state index in [1.807, 2.05) is 56.3 Å². The summed E-state index contributed by atoms with van der Waals surface area (Å²) in [5, 5.41) is 2.93. The maximum absolute atomic E-state index is 12.2. The Morgan fingerprint density at radius 3 is 2.53 bits per heavy atom. The lowest BCUT2D eigenvalue weighted by Crippen LogP contribution is -2.19. The van der Waals surface area contributed by atoms with Crippen LogP contribution in [-0.4, -0.2) is 5.91 Å². The van der Waals surface area contributed by atoms with Crippen LogP contribution < -0.4 is 11.1 Å². The van der Waals surface area contributed by atoms with Crippen molar-refractivity contribution >= 4 is 17.3 Å². The minimum Gasteiger partial charge on any atom is -0.399 e. The first kappa shape index (κ1) is 13.1. The second-order valence-electron chi connectivity index (χ2n) is 4.70. The van der Waals surface area contributed by atoms with Gasteiger partial charge in [-0.3, -0.25) is 4.79 Å². The molecular formula is C16H18N2O. The van der Waals surface area contributed by atoms with E-state index in [0.29, 0.717) is 5.69 Å². The van der Waals surface area contributed by atoms with E-state index >= 15 is 0 Å². The Labute approximate surface area is 113 Å². The number of hydrogen-bond acceptors (Lipinski definition) is 2. The van der Waals surface area contributed by atoms with E-state index in [0.717, 1.165) is 16.8 Å². The zero-order chi connectivity index (χ0) is 13.8. The number of carbonyl (C=O) groups is 1. The van der Waals surface area contributed by atoms with Crippen molar-refractivity contribution in [2.75, 3.05) is 11.1 Å². The summed E-state index contributed by atoms with van der Waals surface area (Å²) >= 11 is 0. The molecule has 2 aromatic carbocycles. The standard InChI is InChI=1S/C16H18N2O/c1-11-8-9-14(17)10-15(11)18-16(19)12(2)13-6-4-3-5-7-13/h3-10,12H,17H2,1-2H3,(H,18,19). The number of amides is 1. The van der Waals surface area contributed by atoms with Crippen LogP contribution in [0.4, 0.5) is 11.4 Å². The molecule has 0 saturated carbocycles. The Bertz CT molecular complexity index is 579. The van der Waals surface area contributed by atoms with Crippen LogP contribution in [0.2, 0.25) is 0 Å². The van der Waals surface area contributed by atoms with E-state index in [1.54, 1.807) is 6.07 Å².